The first-order valence-electron chi connectivity index (χ1n) is 6.65. The van der Waals surface area contributed by atoms with E-state index in [2.05, 4.69) is 46.4 Å². The summed E-state index contributed by atoms with van der Waals surface area (Å²) in [5.41, 5.74) is 0. The van der Waals surface area contributed by atoms with Crippen molar-refractivity contribution in [3.63, 3.8) is 0 Å². The van der Waals surface area contributed by atoms with Crippen LogP contribution in [0.25, 0.3) is 0 Å². The molecule has 0 amide bonds. The smallest absolute Gasteiger partial charge is 0.229 e. The van der Waals surface area contributed by atoms with E-state index in [9.17, 15) is 0 Å². The minimum Gasteiger partial charge on any atom is -0.354 e. The number of hydrogen-bond donors (Lipinski definition) is 2. The zero-order valence-corrected chi connectivity index (χ0v) is 13.3. The van der Waals surface area contributed by atoms with Crippen molar-refractivity contribution in [2.24, 2.45) is 0 Å². The second kappa shape index (κ2) is 9.20. The van der Waals surface area contributed by atoms with Crippen molar-refractivity contribution < 1.29 is 0 Å². The fourth-order valence-corrected chi connectivity index (χ4v) is 2.40. The van der Waals surface area contributed by atoms with Crippen LogP contribution in [0.15, 0.2) is 0 Å². The molecule has 108 valence electrons. The van der Waals surface area contributed by atoms with Crippen LogP contribution in [0.2, 0.25) is 5.28 Å². The lowest BCUT2D eigenvalue weighted by Crippen LogP contribution is -2.19. The van der Waals surface area contributed by atoms with Crippen LogP contribution in [0.4, 0.5) is 11.9 Å². The van der Waals surface area contributed by atoms with E-state index in [1.165, 1.54) is 0 Å². The molecule has 1 aromatic heterocycles. The van der Waals surface area contributed by atoms with Crippen LogP contribution in [0.1, 0.15) is 33.6 Å². The summed E-state index contributed by atoms with van der Waals surface area (Å²) in [7, 11) is 0. The first-order valence-corrected chi connectivity index (χ1v) is 8.18. The Morgan fingerprint density at radius 1 is 1.21 bits per heavy atom. The van der Waals surface area contributed by atoms with Gasteiger partial charge in [0.05, 0.1) is 0 Å². The fourth-order valence-electron chi connectivity index (χ4n) is 1.43. The lowest BCUT2D eigenvalue weighted by molar-refractivity contribution is 0.757. The van der Waals surface area contributed by atoms with Crippen LogP contribution in [0.5, 0.6) is 0 Å². The molecule has 0 radical (unpaired) electrons. The largest absolute Gasteiger partial charge is 0.354 e. The van der Waals surface area contributed by atoms with Gasteiger partial charge in [-0.2, -0.15) is 26.7 Å². The molecule has 5 nitrogen and oxygen atoms in total. The molecule has 0 saturated heterocycles. The SMILES string of the molecule is CCCNc1nc(Cl)nc(NC(C)CCSCC)n1. The Kier molecular flexibility index (Phi) is 7.90. The molecule has 0 bridgehead atoms. The molecule has 0 aliphatic heterocycles. The number of thioether (sulfide) groups is 1. The van der Waals surface area contributed by atoms with Crippen LogP contribution in [-0.4, -0.2) is 39.0 Å². The van der Waals surface area contributed by atoms with Gasteiger partial charge in [-0.05, 0) is 42.9 Å². The standard InChI is InChI=1S/C12H22ClN5S/c1-4-7-14-11-16-10(13)17-12(18-11)15-9(3)6-8-19-5-2/h9H,4-8H2,1-3H3,(H2,14,15,16,17,18). The van der Waals surface area contributed by atoms with E-state index in [4.69, 9.17) is 11.6 Å². The summed E-state index contributed by atoms with van der Waals surface area (Å²) in [4.78, 5) is 12.4. The Morgan fingerprint density at radius 3 is 2.63 bits per heavy atom. The van der Waals surface area contributed by atoms with E-state index < -0.39 is 0 Å². The summed E-state index contributed by atoms with van der Waals surface area (Å²) in [6, 6.07) is 0.316. The molecule has 1 heterocycles. The number of rotatable bonds is 9. The van der Waals surface area contributed by atoms with Crippen LogP contribution < -0.4 is 10.6 Å². The van der Waals surface area contributed by atoms with Crippen molar-refractivity contribution in [2.75, 3.05) is 28.7 Å². The van der Waals surface area contributed by atoms with E-state index >= 15 is 0 Å². The minimum absolute atomic E-state index is 0.214. The number of hydrogen-bond acceptors (Lipinski definition) is 6. The Bertz CT molecular complexity index is 377. The van der Waals surface area contributed by atoms with Crippen molar-refractivity contribution >= 4 is 35.3 Å². The summed E-state index contributed by atoms with van der Waals surface area (Å²) in [6.07, 6.45) is 2.08. The maximum Gasteiger partial charge on any atom is 0.229 e. The molecule has 2 N–H and O–H groups in total. The quantitative estimate of drug-likeness (QED) is 0.683. The third-order valence-electron chi connectivity index (χ3n) is 2.42. The molecule has 0 aliphatic carbocycles. The van der Waals surface area contributed by atoms with Crippen LogP contribution in [-0.2, 0) is 0 Å². The summed E-state index contributed by atoms with van der Waals surface area (Å²) in [5, 5.41) is 6.58. The van der Waals surface area contributed by atoms with E-state index in [-0.39, 0.29) is 5.28 Å². The third kappa shape index (κ3) is 6.82. The molecular weight excluding hydrogens is 282 g/mol. The minimum atomic E-state index is 0.214. The molecule has 0 spiro atoms. The van der Waals surface area contributed by atoms with Gasteiger partial charge < -0.3 is 10.6 Å². The van der Waals surface area contributed by atoms with Crippen LogP contribution >= 0.6 is 23.4 Å². The van der Waals surface area contributed by atoms with Gasteiger partial charge in [-0.25, -0.2) is 0 Å². The average Bonchev–Trinajstić information content (AvgIpc) is 2.36. The van der Waals surface area contributed by atoms with Gasteiger partial charge in [0.2, 0.25) is 17.2 Å². The van der Waals surface area contributed by atoms with E-state index in [0.717, 1.165) is 30.9 Å². The lowest BCUT2D eigenvalue weighted by Gasteiger charge is -2.14. The zero-order chi connectivity index (χ0) is 14.1. The van der Waals surface area contributed by atoms with Crippen molar-refractivity contribution in [3.8, 4) is 0 Å². The molecule has 19 heavy (non-hydrogen) atoms. The van der Waals surface area contributed by atoms with E-state index in [1.807, 2.05) is 11.8 Å². The molecule has 1 unspecified atom stereocenters. The van der Waals surface area contributed by atoms with Gasteiger partial charge in [-0.15, -0.1) is 0 Å². The monoisotopic (exact) mass is 303 g/mol. The lowest BCUT2D eigenvalue weighted by atomic mass is 10.3. The molecule has 7 heteroatoms. The Balaban J connectivity index is 2.54. The number of halogens is 1. The molecule has 0 fully saturated rings. The van der Waals surface area contributed by atoms with Crippen molar-refractivity contribution in [2.45, 2.75) is 39.7 Å². The van der Waals surface area contributed by atoms with Crippen molar-refractivity contribution in [3.05, 3.63) is 5.28 Å². The summed E-state index contributed by atoms with van der Waals surface area (Å²) < 4.78 is 0. The summed E-state index contributed by atoms with van der Waals surface area (Å²) in [6.45, 7) is 7.19. The van der Waals surface area contributed by atoms with Gasteiger partial charge in [0, 0.05) is 12.6 Å². The van der Waals surface area contributed by atoms with Gasteiger partial charge in [0.1, 0.15) is 0 Å². The predicted octanol–water partition coefficient (Wildman–Crippen LogP) is 3.29. The average molecular weight is 304 g/mol. The normalized spacial score (nSPS) is 12.2. The number of anilines is 2. The second-order valence-electron chi connectivity index (χ2n) is 4.21. The summed E-state index contributed by atoms with van der Waals surface area (Å²) >= 11 is 7.83. The van der Waals surface area contributed by atoms with Gasteiger partial charge in [0.15, 0.2) is 0 Å². The highest BCUT2D eigenvalue weighted by Crippen LogP contribution is 2.12. The van der Waals surface area contributed by atoms with Crippen LogP contribution in [0, 0.1) is 0 Å². The first kappa shape index (κ1) is 16.3. The van der Waals surface area contributed by atoms with Gasteiger partial charge in [0.25, 0.3) is 0 Å². The molecule has 1 rings (SSSR count). The molecule has 0 aliphatic rings. The van der Waals surface area contributed by atoms with E-state index in [0.29, 0.717) is 17.9 Å². The maximum atomic E-state index is 5.89. The molecule has 1 aromatic rings. The molecule has 0 saturated carbocycles. The molecule has 0 aromatic carbocycles. The highest BCUT2D eigenvalue weighted by atomic mass is 35.5. The second-order valence-corrected chi connectivity index (χ2v) is 5.94. The number of aromatic nitrogens is 3. The molecular formula is C12H22ClN5S. The zero-order valence-electron chi connectivity index (χ0n) is 11.7. The van der Waals surface area contributed by atoms with Gasteiger partial charge in [-0.1, -0.05) is 13.8 Å². The Hall–Kier alpha value is -0.750. The Labute approximate surface area is 124 Å². The predicted molar refractivity (Wildman–Crippen MR) is 84.3 cm³/mol. The Morgan fingerprint density at radius 2 is 1.95 bits per heavy atom. The third-order valence-corrected chi connectivity index (χ3v) is 3.52. The number of nitrogens with zero attached hydrogens (tertiary/aromatic N) is 3. The molecule has 1 atom stereocenters. The number of nitrogens with one attached hydrogen (secondary N) is 2. The highest BCUT2D eigenvalue weighted by Gasteiger charge is 2.07. The summed E-state index contributed by atoms with van der Waals surface area (Å²) in [5.74, 6) is 3.34. The highest BCUT2D eigenvalue weighted by molar-refractivity contribution is 7.99. The topological polar surface area (TPSA) is 62.7 Å². The van der Waals surface area contributed by atoms with Crippen LogP contribution in [0.3, 0.4) is 0 Å². The fraction of sp³-hybridized carbons (Fsp3) is 0.750. The van der Waals surface area contributed by atoms with Gasteiger partial charge in [-0.3, -0.25) is 0 Å². The first-order chi connectivity index (χ1) is 9.15. The van der Waals surface area contributed by atoms with Crippen molar-refractivity contribution in [1.82, 2.24) is 15.0 Å². The van der Waals surface area contributed by atoms with E-state index in [1.54, 1.807) is 0 Å². The van der Waals surface area contributed by atoms with Gasteiger partial charge >= 0.3 is 0 Å². The van der Waals surface area contributed by atoms with Crippen molar-refractivity contribution in [1.29, 1.82) is 0 Å². The maximum absolute atomic E-state index is 5.89.